The predicted octanol–water partition coefficient (Wildman–Crippen LogP) is -0.00500. The second-order valence-corrected chi connectivity index (χ2v) is 4.99. The maximum absolute atomic E-state index is 10.8. The predicted molar refractivity (Wildman–Crippen MR) is 49.1 cm³/mol. The van der Waals surface area contributed by atoms with E-state index in [4.69, 9.17) is 4.89 Å². The summed E-state index contributed by atoms with van der Waals surface area (Å²) in [7, 11) is -8.58. The van der Waals surface area contributed by atoms with Gasteiger partial charge in [0.2, 0.25) is 8.03 Å². The van der Waals surface area contributed by atoms with Crippen LogP contribution in [0.1, 0.15) is 11.4 Å². The summed E-state index contributed by atoms with van der Waals surface area (Å²) in [5.41, 5.74) is 0.177. The molecule has 0 amide bonds. The monoisotopic (exact) mass is 314 g/mol. The molecule has 1 aromatic carbocycles. The molecule has 6 nitrogen and oxygen atoms in total. The van der Waals surface area contributed by atoms with Gasteiger partial charge in [0.05, 0.1) is 7.82 Å². The molecule has 1 aromatic rings. The minimum atomic E-state index is -5.28. The van der Waals surface area contributed by atoms with Crippen molar-refractivity contribution >= 4 is 15.9 Å². The molecule has 0 aromatic heterocycles. The number of hydrogen-bond donors (Lipinski definition) is 1. The van der Waals surface area contributed by atoms with E-state index in [-0.39, 0.29) is 25.0 Å². The molecule has 9 heteroatoms. The second-order valence-electron chi connectivity index (χ2n) is 2.68. The van der Waals surface area contributed by atoms with E-state index in [0.29, 0.717) is 0 Å². The van der Waals surface area contributed by atoms with Crippen LogP contribution in [0.25, 0.3) is 0 Å². The molecule has 0 saturated carbocycles. The number of benzene rings is 1. The number of phosphoric acid groups is 1. The van der Waals surface area contributed by atoms with E-state index in [0.717, 1.165) is 0 Å². The maximum atomic E-state index is 10.8. The van der Waals surface area contributed by atoms with Crippen LogP contribution in [0.15, 0.2) is 30.3 Å². The third-order valence-electron chi connectivity index (χ3n) is 1.56. The molecule has 0 aliphatic carbocycles. The molecule has 0 heterocycles. The van der Waals surface area contributed by atoms with Crippen molar-refractivity contribution in [2.24, 2.45) is 0 Å². The molecule has 0 spiro atoms. The van der Waals surface area contributed by atoms with Crippen molar-refractivity contribution in [3.63, 3.8) is 0 Å². The largest absolute Gasteiger partial charge is 2.00 e. The van der Waals surface area contributed by atoms with Crippen LogP contribution in [0.4, 0.5) is 0 Å². The average molecular weight is 315 g/mol. The van der Waals surface area contributed by atoms with Crippen LogP contribution in [0.3, 0.4) is 0 Å². The van der Waals surface area contributed by atoms with Gasteiger partial charge in [0.25, 0.3) is 0 Å². The summed E-state index contributed by atoms with van der Waals surface area (Å²) in [6.45, 7) is 0. The fourth-order valence-corrected chi connectivity index (χ4v) is 2.61. The van der Waals surface area contributed by atoms with Gasteiger partial charge in [0.15, 0.2) is 5.85 Å². The van der Waals surface area contributed by atoms with E-state index in [2.05, 4.69) is 4.52 Å². The van der Waals surface area contributed by atoms with Crippen LogP contribution < -0.4 is 9.79 Å². The fraction of sp³-hybridized carbons (Fsp3) is 0.143. The van der Waals surface area contributed by atoms with Gasteiger partial charge in [0, 0.05) is 0 Å². The third-order valence-corrected chi connectivity index (χ3v) is 3.13. The van der Waals surface area contributed by atoms with Gasteiger partial charge in [0.1, 0.15) is 0 Å². The summed E-state index contributed by atoms with van der Waals surface area (Å²) in [6, 6.07) is 7.52. The van der Waals surface area contributed by atoms with Crippen LogP contribution in [0, 0.1) is 0 Å². The molecule has 1 rings (SSSR count). The first-order chi connectivity index (χ1) is 6.90. The van der Waals surface area contributed by atoms with Gasteiger partial charge < -0.3 is 23.8 Å². The molecule has 0 fully saturated rings. The Bertz CT molecular complexity index is 391. The molecule has 16 heavy (non-hydrogen) atoms. The third kappa shape index (κ3) is 5.47. The average Bonchev–Trinajstić information content (AvgIpc) is 2.14. The fourth-order valence-electron chi connectivity index (χ4n) is 1.01. The van der Waals surface area contributed by atoms with Crippen molar-refractivity contribution in [3.8, 4) is 0 Å². The van der Waals surface area contributed by atoms with Crippen molar-refractivity contribution in [1.29, 1.82) is 0 Å². The van der Waals surface area contributed by atoms with Crippen LogP contribution in [-0.2, 0) is 33.1 Å². The summed E-state index contributed by atoms with van der Waals surface area (Å²) >= 11 is 0. The Labute approximate surface area is 106 Å². The zero-order valence-electron chi connectivity index (χ0n) is 8.11. The first kappa shape index (κ1) is 16.1. The topological polar surface area (TPSA) is 110 Å². The molecule has 1 N–H and O–H groups in total. The standard InChI is InChI=1S/C7H10O6P2.Zn/c8-14(9)7(13-15(10,11)12)6-4-2-1-3-5-6;/h1-5,7,14H,(H,8,9)(H2,10,11,12);/q;+2/p-2. The Kier molecular flexibility index (Phi) is 6.84. The van der Waals surface area contributed by atoms with Crippen molar-refractivity contribution in [1.82, 2.24) is 0 Å². The van der Waals surface area contributed by atoms with E-state index in [1.165, 1.54) is 24.3 Å². The van der Waals surface area contributed by atoms with E-state index in [9.17, 15) is 18.9 Å². The molecule has 2 unspecified atom stereocenters. The van der Waals surface area contributed by atoms with Gasteiger partial charge in [-0.25, -0.2) is 0 Å². The smallest absolute Gasteiger partial charge is 0.790 e. The Hall–Kier alpha value is 0.143. The molecule has 2 atom stereocenters. The summed E-state index contributed by atoms with van der Waals surface area (Å²) in [4.78, 5) is 29.5. The van der Waals surface area contributed by atoms with E-state index >= 15 is 0 Å². The Morgan fingerprint density at radius 3 is 2.19 bits per heavy atom. The summed E-state index contributed by atoms with van der Waals surface area (Å²) in [5.74, 6) is -1.60. The Balaban J connectivity index is 0.00000225. The summed E-state index contributed by atoms with van der Waals surface area (Å²) < 4.78 is 25.2. The maximum Gasteiger partial charge on any atom is 2.00 e. The van der Waals surface area contributed by atoms with Crippen LogP contribution in [0.2, 0.25) is 0 Å². The quantitative estimate of drug-likeness (QED) is 0.618. The number of hydrogen-bond acceptors (Lipinski definition) is 5. The molecule has 0 saturated heterocycles. The molecule has 84 valence electrons. The Morgan fingerprint density at radius 2 is 1.81 bits per heavy atom. The van der Waals surface area contributed by atoms with Gasteiger partial charge >= 0.3 is 19.5 Å². The zero-order chi connectivity index (χ0) is 11.5. The van der Waals surface area contributed by atoms with Crippen LogP contribution in [0.5, 0.6) is 0 Å². The second kappa shape index (κ2) is 6.78. The van der Waals surface area contributed by atoms with E-state index in [1.807, 2.05) is 0 Å². The minimum absolute atomic E-state index is 0. The van der Waals surface area contributed by atoms with Crippen LogP contribution in [-0.4, -0.2) is 4.89 Å². The van der Waals surface area contributed by atoms with E-state index < -0.39 is 21.7 Å². The summed E-state index contributed by atoms with van der Waals surface area (Å²) in [6.07, 6.45) is 0. The van der Waals surface area contributed by atoms with Gasteiger partial charge in [-0.3, -0.25) is 4.57 Å². The van der Waals surface area contributed by atoms with Crippen molar-refractivity contribution in [2.45, 2.75) is 5.85 Å². The zero-order valence-corrected chi connectivity index (χ0v) is 13.0. The molecule has 0 bridgehead atoms. The first-order valence-corrected chi connectivity index (χ1v) is 6.78. The van der Waals surface area contributed by atoms with Crippen molar-refractivity contribution in [2.75, 3.05) is 0 Å². The Morgan fingerprint density at radius 1 is 1.31 bits per heavy atom. The SMILES string of the molecule is O=[PH](O)C(OP(=O)([O-])[O-])c1ccccc1.[Zn+2]. The molecule has 0 aliphatic rings. The number of phosphoric ester groups is 1. The normalized spacial score (nSPS) is 14.9. The number of rotatable bonds is 4. The van der Waals surface area contributed by atoms with Gasteiger partial charge in [-0.15, -0.1) is 0 Å². The minimum Gasteiger partial charge on any atom is -0.790 e. The van der Waals surface area contributed by atoms with Gasteiger partial charge in [-0.05, 0) is 5.56 Å². The summed E-state index contributed by atoms with van der Waals surface area (Å²) in [5, 5.41) is 0. The first-order valence-electron chi connectivity index (χ1n) is 3.88. The molecule has 0 radical (unpaired) electrons. The van der Waals surface area contributed by atoms with Crippen LogP contribution >= 0.6 is 15.9 Å². The van der Waals surface area contributed by atoms with E-state index in [1.54, 1.807) is 6.07 Å². The molecular formula is C7H8O6P2Zn. The van der Waals surface area contributed by atoms with Gasteiger partial charge in [-0.1, -0.05) is 30.3 Å². The van der Waals surface area contributed by atoms with Crippen molar-refractivity contribution < 1.29 is 47.8 Å². The molecule has 0 aliphatic heterocycles. The van der Waals surface area contributed by atoms with Crippen molar-refractivity contribution in [3.05, 3.63) is 35.9 Å². The molecular weight excluding hydrogens is 307 g/mol. The van der Waals surface area contributed by atoms with Gasteiger partial charge in [-0.2, -0.15) is 0 Å².